The summed E-state index contributed by atoms with van der Waals surface area (Å²) in [6, 6.07) is 0. The molecule has 194 valence electrons. The summed E-state index contributed by atoms with van der Waals surface area (Å²) in [5.74, 6) is -0.0202. The van der Waals surface area contributed by atoms with E-state index in [0.717, 1.165) is 24.6 Å². The summed E-state index contributed by atoms with van der Waals surface area (Å²) >= 11 is 0. The Kier molecular flexibility index (Phi) is 23.1. The molecule has 0 aromatic heterocycles. The molecule has 0 saturated carbocycles. The molecule has 1 N–H and O–H groups in total. The van der Waals surface area contributed by atoms with Gasteiger partial charge in [0.1, 0.15) is 13.2 Å². The first kappa shape index (κ1) is 33.5. The van der Waals surface area contributed by atoms with Gasteiger partial charge in [-0.2, -0.15) is 8.42 Å². The van der Waals surface area contributed by atoms with Gasteiger partial charge in [-0.05, 0) is 6.42 Å². The lowest BCUT2D eigenvalue weighted by Crippen LogP contribution is -2.37. The number of carbonyl (C=O) groups is 1. The van der Waals surface area contributed by atoms with Crippen LogP contribution in [0, 0.1) is 0 Å². The normalized spacial score (nSPS) is 11.7. The van der Waals surface area contributed by atoms with Gasteiger partial charge in [0.2, 0.25) is 0 Å². The van der Waals surface area contributed by atoms with Gasteiger partial charge in [-0.15, -0.1) is 0 Å². The highest BCUT2D eigenvalue weighted by atomic mass is 32.3. The summed E-state index contributed by atoms with van der Waals surface area (Å²) in [7, 11) is 3.05. The molecule has 0 unspecified atom stereocenters. The highest BCUT2D eigenvalue weighted by Gasteiger charge is 2.09. The third kappa shape index (κ3) is 33.9. The van der Waals surface area contributed by atoms with Gasteiger partial charge < -0.3 is 9.22 Å². The van der Waals surface area contributed by atoms with Crippen molar-refractivity contribution in [3.63, 3.8) is 0 Å². The first-order valence-electron chi connectivity index (χ1n) is 12.5. The van der Waals surface area contributed by atoms with Crippen molar-refractivity contribution in [2.24, 2.45) is 0 Å². The fourth-order valence-electron chi connectivity index (χ4n) is 3.15. The molecule has 0 heterocycles. The number of unbranched alkanes of at least 4 members (excludes halogenated alkanes) is 14. The molecule has 0 aliphatic rings. The second-order valence-corrected chi connectivity index (χ2v) is 10.7. The predicted molar refractivity (Wildman–Crippen MR) is 132 cm³/mol. The number of quaternary nitrogens is 1. The monoisotopic (exact) mass is 482 g/mol. The SMILES string of the molecule is CCCCCCCCCCCCCCCCCC(=O)OCC[N+](C)(C)C.COS(=O)(=O)O. The predicted octanol–water partition coefficient (Wildman–Crippen LogP) is 5.93. The number of hydrogen-bond donors (Lipinski definition) is 1. The Morgan fingerprint density at radius 3 is 1.41 bits per heavy atom. The van der Waals surface area contributed by atoms with E-state index >= 15 is 0 Å². The van der Waals surface area contributed by atoms with Crippen LogP contribution in [0.15, 0.2) is 0 Å². The van der Waals surface area contributed by atoms with Crippen molar-refractivity contribution in [2.45, 2.75) is 110 Å². The Bertz CT molecular complexity index is 517. The van der Waals surface area contributed by atoms with Crippen molar-refractivity contribution in [1.82, 2.24) is 0 Å². The molecule has 0 saturated heterocycles. The van der Waals surface area contributed by atoms with E-state index in [1.807, 2.05) is 0 Å². The maximum Gasteiger partial charge on any atom is 0.397 e. The van der Waals surface area contributed by atoms with Gasteiger partial charge in [-0.25, -0.2) is 0 Å². The van der Waals surface area contributed by atoms with Crippen LogP contribution in [-0.4, -0.2) is 64.8 Å². The zero-order chi connectivity index (χ0) is 24.7. The first-order chi connectivity index (χ1) is 15.0. The lowest BCUT2D eigenvalue weighted by Gasteiger charge is -2.23. The van der Waals surface area contributed by atoms with Crippen molar-refractivity contribution >= 4 is 16.4 Å². The molecule has 0 amide bonds. The summed E-state index contributed by atoms with van der Waals surface area (Å²) in [6.07, 6.45) is 20.9. The van der Waals surface area contributed by atoms with Crippen LogP contribution < -0.4 is 0 Å². The Balaban J connectivity index is 0. The number of rotatable bonds is 20. The van der Waals surface area contributed by atoms with E-state index in [0.29, 0.717) is 13.0 Å². The average molecular weight is 483 g/mol. The topological polar surface area (TPSA) is 89.9 Å². The summed E-state index contributed by atoms with van der Waals surface area (Å²) in [4.78, 5) is 11.6. The molecule has 0 aliphatic heterocycles. The molecule has 0 atom stereocenters. The van der Waals surface area contributed by atoms with Crippen molar-refractivity contribution in [1.29, 1.82) is 0 Å². The lowest BCUT2D eigenvalue weighted by atomic mass is 10.0. The quantitative estimate of drug-likeness (QED) is 0.100. The Morgan fingerprint density at radius 1 is 0.750 bits per heavy atom. The van der Waals surface area contributed by atoms with Crippen molar-refractivity contribution in [3.8, 4) is 0 Å². The maximum atomic E-state index is 11.6. The fraction of sp³-hybridized carbons (Fsp3) is 0.958. The van der Waals surface area contributed by atoms with Gasteiger partial charge in [0.05, 0.1) is 28.3 Å². The van der Waals surface area contributed by atoms with Crippen LogP contribution in [0.4, 0.5) is 0 Å². The fourth-order valence-corrected chi connectivity index (χ4v) is 3.15. The average Bonchev–Trinajstić information content (AvgIpc) is 2.70. The minimum Gasteiger partial charge on any atom is -0.460 e. The molecule has 0 aromatic carbocycles. The van der Waals surface area contributed by atoms with Crippen LogP contribution in [0.3, 0.4) is 0 Å². The number of esters is 1. The molecule has 32 heavy (non-hydrogen) atoms. The second-order valence-electron chi connectivity index (χ2n) is 9.53. The summed E-state index contributed by atoms with van der Waals surface area (Å²) in [5.41, 5.74) is 0. The molecule has 0 rings (SSSR count). The molecule has 0 fully saturated rings. The lowest BCUT2D eigenvalue weighted by molar-refractivity contribution is -0.870. The molecule has 8 heteroatoms. The molecule has 0 radical (unpaired) electrons. The molecule has 0 aromatic rings. The van der Waals surface area contributed by atoms with Crippen molar-refractivity contribution in [3.05, 3.63) is 0 Å². The van der Waals surface area contributed by atoms with Crippen LogP contribution in [0.5, 0.6) is 0 Å². The van der Waals surface area contributed by atoms with Gasteiger partial charge in [0, 0.05) is 6.42 Å². The number of likely N-dealkylation sites (N-methyl/N-ethyl adjacent to an activating group) is 1. The van der Waals surface area contributed by atoms with Crippen LogP contribution in [0.1, 0.15) is 110 Å². The zero-order valence-corrected chi connectivity index (χ0v) is 22.4. The standard InChI is InChI=1S/C23H48NO2.CH4O4S/c1-5-6-7-8-9-10-11-12-13-14-15-16-17-18-19-20-23(25)26-22-21-24(2,3)4;1-5-6(2,3)4/h5-22H2,1-4H3;1H3,(H,2,3,4)/q+1;. The highest BCUT2D eigenvalue weighted by molar-refractivity contribution is 7.80. The van der Waals surface area contributed by atoms with Crippen LogP contribution >= 0.6 is 0 Å². The van der Waals surface area contributed by atoms with E-state index in [-0.39, 0.29) is 5.97 Å². The summed E-state index contributed by atoms with van der Waals surface area (Å²) in [5, 5.41) is 0. The molecular formula is C24H52NO6S+. The van der Waals surface area contributed by atoms with E-state index in [1.54, 1.807) is 0 Å². The van der Waals surface area contributed by atoms with E-state index in [9.17, 15) is 13.2 Å². The van der Waals surface area contributed by atoms with Gasteiger partial charge in [0.15, 0.2) is 0 Å². The smallest absolute Gasteiger partial charge is 0.397 e. The van der Waals surface area contributed by atoms with Crippen molar-refractivity contribution < 1.29 is 31.2 Å². The maximum absolute atomic E-state index is 11.6. The molecule has 0 spiro atoms. The third-order valence-electron chi connectivity index (χ3n) is 5.22. The van der Waals surface area contributed by atoms with Gasteiger partial charge in [-0.3, -0.25) is 13.5 Å². The number of nitrogens with zero attached hydrogens (tertiary/aromatic N) is 1. The zero-order valence-electron chi connectivity index (χ0n) is 21.6. The van der Waals surface area contributed by atoms with E-state index in [2.05, 4.69) is 32.2 Å². The van der Waals surface area contributed by atoms with Gasteiger partial charge in [0.25, 0.3) is 0 Å². The summed E-state index contributed by atoms with van der Waals surface area (Å²) in [6.45, 7) is 3.70. The molecule has 0 aliphatic carbocycles. The Hall–Kier alpha value is -0.700. The van der Waals surface area contributed by atoms with Crippen LogP contribution in [0.25, 0.3) is 0 Å². The van der Waals surface area contributed by atoms with E-state index in [1.165, 1.54) is 89.9 Å². The van der Waals surface area contributed by atoms with Crippen LogP contribution in [-0.2, 0) is 24.1 Å². The molecule has 7 nitrogen and oxygen atoms in total. The molecular weight excluding hydrogens is 430 g/mol. The van der Waals surface area contributed by atoms with Gasteiger partial charge >= 0.3 is 16.4 Å². The highest BCUT2D eigenvalue weighted by Crippen LogP contribution is 2.13. The van der Waals surface area contributed by atoms with Crippen molar-refractivity contribution in [2.75, 3.05) is 41.4 Å². The number of hydrogen-bond acceptors (Lipinski definition) is 5. The van der Waals surface area contributed by atoms with E-state index in [4.69, 9.17) is 9.29 Å². The summed E-state index contributed by atoms with van der Waals surface area (Å²) < 4.78 is 35.8. The number of carbonyl (C=O) groups excluding carboxylic acids is 1. The minimum absolute atomic E-state index is 0.0202. The Labute approximate surface area is 198 Å². The first-order valence-corrected chi connectivity index (χ1v) is 13.9. The number of ether oxygens (including phenoxy) is 1. The largest absolute Gasteiger partial charge is 0.460 e. The minimum atomic E-state index is -4.16. The third-order valence-corrected chi connectivity index (χ3v) is 5.64. The Morgan fingerprint density at radius 2 is 1.09 bits per heavy atom. The molecule has 0 bridgehead atoms. The second kappa shape index (κ2) is 22.1. The van der Waals surface area contributed by atoms with Gasteiger partial charge in [-0.1, -0.05) is 96.8 Å². The van der Waals surface area contributed by atoms with E-state index < -0.39 is 10.4 Å². The van der Waals surface area contributed by atoms with Crippen LogP contribution in [0.2, 0.25) is 0 Å².